The van der Waals surface area contributed by atoms with Crippen LogP contribution in [0, 0.1) is 13.8 Å². The van der Waals surface area contributed by atoms with Crippen molar-refractivity contribution in [2.24, 2.45) is 5.73 Å². The first kappa shape index (κ1) is 12.6. The van der Waals surface area contributed by atoms with Gasteiger partial charge in [0.15, 0.2) is 0 Å². The van der Waals surface area contributed by atoms with Crippen molar-refractivity contribution >= 4 is 17.5 Å². The second-order valence-corrected chi connectivity index (χ2v) is 4.29. The monoisotopic (exact) mass is 251 g/mol. The van der Waals surface area contributed by atoms with Crippen LogP contribution in [0.25, 0.3) is 0 Å². The lowest BCUT2D eigenvalue weighted by Crippen LogP contribution is -2.53. The third kappa shape index (κ3) is 2.21. The highest BCUT2D eigenvalue weighted by molar-refractivity contribution is 5.84. The van der Waals surface area contributed by atoms with Crippen LogP contribution >= 0.6 is 0 Å². The number of aryl methyl sites for hydroxylation is 1. The number of hydrogen-bond acceptors (Lipinski definition) is 6. The van der Waals surface area contributed by atoms with E-state index < -0.39 is 11.9 Å². The molecule has 1 unspecified atom stereocenters. The molecule has 1 saturated heterocycles. The molecule has 1 fully saturated rings. The summed E-state index contributed by atoms with van der Waals surface area (Å²) in [4.78, 5) is 21.7. The van der Waals surface area contributed by atoms with Gasteiger partial charge in [-0.2, -0.15) is 0 Å². The minimum atomic E-state index is -0.508. The van der Waals surface area contributed by atoms with E-state index in [1.54, 1.807) is 6.92 Å². The van der Waals surface area contributed by atoms with E-state index in [1.165, 1.54) is 0 Å². The van der Waals surface area contributed by atoms with Crippen LogP contribution in [0.3, 0.4) is 0 Å². The van der Waals surface area contributed by atoms with Crippen molar-refractivity contribution < 1.29 is 9.53 Å². The summed E-state index contributed by atoms with van der Waals surface area (Å²) in [7, 11) is 0. The van der Waals surface area contributed by atoms with Gasteiger partial charge in [-0.05, 0) is 13.8 Å². The van der Waals surface area contributed by atoms with E-state index in [-0.39, 0.29) is 6.61 Å². The number of nitrogens with two attached hydrogens (primary N) is 2. The number of hydrogen-bond donors (Lipinski definition) is 2. The average Bonchev–Trinajstić information content (AvgIpc) is 2.33. The zero-order chi connectivity index (χ0) is 13.3. The Morgan fingerprint density at radius 1 is 1.44 bits per heavy atom. The van der Waals surface area contributed by atoms with E-state index >= 15 is 0 Å². The molecule has 0 aromatic carbocycles. The minimum Gasteiger partial charge on any atom is -0.383 e. The quantitative estimate of drug-likeness (QED) is 0.724. The fourth-order valence-electron chi connectivity index (χ4n) is 2.01. The number of anilines is 2. The minimum absolute atomic E-state index is 0.276. The Hall–Kier alpha value is -1.89. The highest BCUT2D eigenvalue weighted by Gasteiger charge is 2.30. The summed E-state index contributed by atoms with van der Waals surface area (Å²) in [5.41, 5.74) is 12.0. The topological polar surface area (TPSA) is 107 Å². The molecule has 18 heavy (non-hydrogen) atoms. The molecule has 4 N–H and O–H groups in total. The molecule has 7 nitrogen and oxygen atoms in total. The first-order valence-corrected chi connectivity index (χ1v) is 5.75. The van der Waals surface area contributed by atoms with E-state index in [0.29, 0.717) is 30.6 Å². The Bertz CT molecular complexity index is 477. The normalized spacial score (nSPS) is 19.9. The molecule has 1 aromatic heterocycles. The highest BCUT2D eigenvalue weighted by atomic mass is 16.5. The molecule has 0 saturated carbocycles. The second-order valence-electron chi connectivity index (χ2n) is 4.29. The van der Waals surface area contributed by atoms with Crippen LogP contribution in [-0.4, -0.2) is 41.7 Å². The standard InChI is InChI=1S/C11H17N5O2/c1-6-9(12)14-7(2)15-11(6)16-3-4-18-5-8(16)10(13)17/h8H,3-5H2,1-2H3,(H2,13,17)(H2,12,14,15). The molecule has 1 atom stereocenters. The zero-order valence-corrected chi connectivity index (χ0v) is 10.5. The molecule has 1 amide bonds. The van der Waals surface area contributed by atoms with Crippen LogP contribution in [0.1, 0.15) is 11.4 Å². The van der Waals surface area contributed by atoms with Gasteiger partial charge in [-0.15, -0.1) is 0 Å². The molecule has 98 valence electrons. The number of nitrogen functional groups attached to an aromatic ring is 1. The number of morpholine rings is 1. The van der Waals surface area contributed by atoms with Gasteiger partial charge in [-0.25, -0.2) is 9.97 Å². The van der Waals surface area contributed by atoms with Crippen molar-refractivity contribution in [2.45, 2.75) is 19.9 Å². The molecular formula is C11H17N5O2. The summed E-state index contributed by atoms with van der Waals surface area (Å²) in [6.45, 7) is 4.96. The lowest BCUT2D eigenvalue weighted by molar-refractivity contribution is -0.121. The van der Waals surface area contributed by atoms with Gasteiger partial charge >= 0.3 is 0 Å². The van der Waals surface area contributed by atoms with E-state index in [0.717, 1.165) is 5.56 Å². The van der Waals surface area contributed by atoms with Gasteiger partial charge in [-0.1, -0.05) is 0 Å². The van der Waals surface area contributed by atoms with E-state index in [1.807, 2.05) is 11.8 Å². The Labute approximate surface area is 105 Å². The van der Waals surface area contributed by atoms with Crippen LogP contribution < -0.4 is 16.4 Å². The maximum Gasteiger partial charge on any atom is 0.242 e. The van der Waals surface area contributed by atoms with Gasteiger partial charge in [0.2, 0.25) is 5.91 Å². The van der Waals surface area contributed by atoms with Crippen molar-refractivity contribution in [3.05, 3.63) is 11.4 Å². The summed E-state index contributed by atoms with van der Waals surface area (Å²) in [5.74, 6) is 1.23. The second kappa shape index (κ2) is 4.77. The molecule has 2 heterocycles. The Kier molecular flexibility index (Phi) is 3.33. The van der Waals surface area contributed by atoms with Crippen LogP contribution in [0.5, 0.6) is 0 Å². The number of rotatable bonds is 2. The lowest BCUT2D eigenvalue weighted by Gasteiger charge is -2.35. The third-order valence-electron chi connectivity index (χ3n) is 3.00. The maximum absolute atomic E-state index is 11.4. The van der Waals surface area contributed by atoms with Gasteiger partial charge in [0.05, 0.1) is 13.2 Å². The van der Waals surface area contributed by atoms with Gasteiger partial charge in [0, 0.05) is 12.1 Å². The van der Waals surface area contributed by atoms with Crippen molar-refractivity contribution in [1.82, 2.24) is 9.97 Å². The summed E-state index contributed by atoms with van der Waals surface area (Å²) in [6, 6.07) is -0.508. The molecule has 0 bridgehead atoms. The fraction of sp³-hybridized carbons (Fsp3) is 0.545. The first-order valence-electron chi connectivity index (χ1n) is 5.75. The lowest BCUT2D eigenvalue weighted by atomic mass is 10.2. The molecule has 0 spiro atoms. The number of aromatic nitrogens is 2. The van der Waals surface area contributed by atoms with Crippen molar-refractivity contribution in [1.29, 1.82) is 0 Å². The Morgan fingerprint density at radius 3 is 2.83 bits per heavy atom. The third-order valence-corrected chi connectivity index (χ3v) is 3.00. The zero-order valence-electron chi connectivity index (χ0n) is 10.5. The molecule has 7 heteroatoms. The van der Waals surface area contributed by atoms with Crippen LogP contribution in [0.15, 0.2) is 0 Å². The summed E-state index contributed by atoms with van der Waals surface area (Å²) >= 11 is 0. The van der Waals surface area contributed by atoms with Crippen molar-refractivity contribution in [2.75, 3.05) is 30.4 Å². The number of nitrogens with zero attached hydrogens (tertiary/aromatic N) is 3. The largest absolute Gasteiger partial charge is 0.383 e. The average molecular weight is 251 g/mol. The van der Waals surface area contributed by atoms with E-state index in [9.17, 15) is 4.79 Å². The number of primary amides is 1. The Balaban J connectivity index is 2.42. The molecule has 1 aliphatic heterocycles. The number of carbonyl (C=O) groups excluding carboxylic acids is 1. The smallest absolute Gasteiger partial charge is 0.242 e. The predicted octanol–water partition coefficient (Wildman–Crippen LogP) is -0.634. The maximum atomic E-state index is 11.4. The summed E-state index contributed by atoms with van der Waals surface area (Å²) in [6.07, 6.45) is 0. The number of carbonyl (C=O) groups is 1. The highest BCUT2D eigenvalue weighted by Crippen LogP contribution is 2.24. The molecule has 1 aromatic rings. The number of ether oxygens (including phenoxy) is 1. The number of amides is 1. The predicted molar refractivity (Wildman–Crippen MR) is 67.1 cm³/mol. The van der Waals surface area contributed by atoms with Gasteiger partial charge in [0.25, 0.3) is 0 Å². The summed E-state index contributed by atoms with van der Waals surface area (Å²) in [5, 5.41) is 0. The summed E-state index contributed by atoms with van der Waals surface area (Å²) < 4.78 is 5.28. The molecule has 0 radical (unpaired) electrons. The van der Waals surface area contributed by atoms with Crippen LogP contribution in [-0.2, 0) is 9.53 Å². The van der Waals surface area contributed by atoms with E-state index in [2.05, 4.69) is 9.97 Å². The first-order chi connectivity index (χ1) is 8.50. The SMILES string of the molecule is Cc1nc(N)c(C)c(N2CCOCC2C(N)=O)n1. The van der Waals surface area contributed by atoms with Gasteiger partial charge in [-0.3, -0.25) is 4.79 Å². The molecule has 1 aliphatic rings. The van der Waals surface area contributed by atoms with Crippen molar-refractivity contribution in [3.63, 3.8) is 0 Å². The molecule has 0 aliphatic carbocycles. The van der Waals surface area contributed by atoms with E-state index in [4.69, 9.17) is 16.2 Å². The van der Waals surface area contributed by atoms with Crippen molar-refractivity contribution in [3.8, 4) is 0 Å². The molecular weight excluding hydrogens is 234 g/mol. The molecule has 2 rings (SSSR count). The van der Waals surface area contributed by atoms with Gasteiger partial charge < -0.3 is 21.1 Å². The Morgan fingerprint density at radius 2 is 2.17 bits per heavy atom. The van der Waals surface area contributed by atoms with Crippen LogP contribution in [0.4, 0.5) is 11.6 Å². The van der Waals surface area contributed by atoms with Crippen LogP contribution in [0.2, 0.25) is 0 Å². The fourth-order valence-corrected chi connectivity index (χ4v) is 2.01. The van der Waals surface area contributed by atoms with Gasteiger partial charge in [0.1, 0.15) is 23.5 Å².